The van der Waals surface area contributed by atoms with Crippen LogP contribution < -0.4 is 5.32 Å². The lowest BCUT2D eigenvalue weighted by molar-refractivity contribution is 0.112. The molecule has 0 radical (unpaired) electrons. The van der Waals surface area contributed by atoms with Gasteiger partial charge in [0.2, 0.25) is 0 Å². The molecule has 0 aliphatic rings. The van der Waals surface area contributed by atoms with E-state index in [-0.39, 0.29) is 0 Å². The fourth-order valence-electron chi connectivity index (χ4n) is 1.85. The normalized spacial score (nSPS) is 11.3. The van der Waals surface area contributed by atoms with E-state index in [9.17, 15) is 4.79 Å². The molecule has 0 spiro atoms. The molecule has 0 atom stereocenters. The number of benzene rings is 1. The van der Waals surface area contributed by atoms with E-state index >= 15 is 0 Å². The average Bonchev–Trinajstić information content (AvgIpc) is 2.53. The Kier molecular flexibility index (Phi) is 5.92. The van der Waals surface area contributed by atoms with Gasteiger partial charge in [-0.05, 0) is 37.5 Å². The quantitative estimate of drug-likeness (QED) is 0.352. The third-order valence-electron chi connectivity index (χ3n) is 3.04. The first-order valence-electron chi connectivity index (χ1n) is 7.28. The van der Waals surface area contributed by atoms with Crippen molar-refractivity contribution >= 4 is 37.9 Å². The lowest BCUT2D eigenvalue weighted by Gasteiger charge is -2.19. The van der Waals surface area contributed by atoms with E-state index in [1.807, 2.05) is 30.5 Å². The van der Waals surface area contributed by atoms with Gasteiger partial charge in [0.15, 0.2) is 19.8 Å². The Morgan fingerprint density at radius 2 is 2.04 bits per heavy atom. The minimum Gasteiger partial charge on any atom is -0.413 e. The minimum atomic E-state index is -1.60. The summed E-state index contributed by atoms with van der Waals surface area (Å²) < 4.78 is 5.99. The predicted octanol–water partition coefficient (Wildman–Crippen LogP) is 4.11. The van der Waals surface area contributed by atoms with E-state index in [4.69, 9.17) is 4.43 Å². The van der Waals surface area contributed by atoms with E-state index in [0.29, 0.717) is 23.1 Å². The van der Waals surface area contributed by atoms with Crippen LogP contribution in [0.25, 0.3) is 0 Å². The second kappa shape index (κ2) is 7.72. The van der Waals surface area contributed by atoms with Crippen molar-refractivity contribution in [3.8, 4) is 0 Å². The van der Waals surface area contributed by atoms with Crippen LogP contribution in [0.1, 0.15) is 15.9 Å². The van der Waals surface area contributed by atoms with Crippen molar-refractivity contribution in [3.05, 3.63) is 41.6 Å². The molecule has 0 saturated heterocycles. The summed E-state index contributed by atoms with van der Waals surface area (Å²) in [7, 11) is -1.60. The van der Waals surface area contributed by atoms with Gasteiger partial charge in [-0.2, -0.15) is 0 Å². The summed E-state index contributed by atoms with van der Waals surface area (Å²) in [6, 6.07) is 7.89. The zero-order valence-corrected chi connectivity index (χ0v) is 15.6. The number of carbonyl (C=O) groups excluding carboxylic acids is 1. The molecule has 1 aromatic carbocycles. The molecule has 0 amide bonds. The van der Waals surface area contributed by atoms with E-state index in [0.717, 1.165) is 17.5 Å². The van der Waals surface area contributed by atoms with Crippen molar-refractivity contribution in [2.24, 2.45) is 0 Å². The Labute approximate surface area is 142 Å². The van der Waals surface area contributed by atoms with Gasteiger partial charge in [0.05, 0.1) is 12.2 Å². The van der Waals surface area contributed by atoms with Crippen LogP contribution in [0, 0.1) is 0 Å². The van der Waals surface area contributed by atoms with E-state index in [1.54, 1.807) is 0 Å². The zero-order valence-electron chi connectivity index (χ0n) is 13.8. The molecule has 0 bridgehead atoms. The Morgan fingerprint density at radius 3 is 2.70 bits per heavy atom. The Hall–Kier alpha value is -1.70. The molecule has 1 aromatic heterocycles. The topological polar surface area (TPSA) is 64.1 Å². The van der Waals surface area contributed by atoms with Gasteiger partial charge in [0, 0.05) is 11.9 Å². The molecule has 0 saturated carbocycles. The first-order chi connectivity index (χ1) is 10.9. The number of anilines is 2. The summed E-state index contributed by atoms with van der Waals surface area (Å²) in [6.07, 6.45) is 4.19. The number of rotatable bonds is 7. The number of thioether (sulfide) groups is 1. The summed E-state index contributed by atoms with van der Waals surface area (Å²) in [5, 5.41) is 3.86. The number of hydrogen-bond donors (Lipinski definition) is 1. The summed E-state index contributed by atoms with van der Waals surface area (Å²) in [5.74, 6) is 0.514. The van der Waals surface area contributed by atoms with Crippen LogP contribution in [-0.2, 0) is 11.0 Å². The summed E-state index contributed by atoms with van der Waals surface area (Å²) in [6.45, 7) is 7.00. The fourth-order valence-corrected chi connectivity index (χ4v) is 2.78. The van der Waals surface area contributed by atoms with E-state index in [1.165, 1.54) is 18.0 Å². The summed E-state index contributed by atoms with van der Waals surface area (Å²) in [4.78, 5) is 19.7. The van der Waals surface area contributed by atoms with Crippen molar-refractivity contribution in [2.45, 2.75) is 31.4 Å². The van der Waals surface area contributed by atoms with Crippen molar-refractivity contribution in [2.75, 3.05) is 11.6 Å². The zero-order chi connectivity index (χ0) is 16.9. The highest BCUT2D eigenvalue weighted by atomic mass is 32.2. The number of aldehydes is 1. The number of nitrogens with zero attached hydrogens (tertiary/aromatic N) is 2. The molecule has 0 aliphatic carbocycles. The van der Waals surface area contributed by atoms with Crippen LogP contribution in [0.4, 0.5) is 11.5 Å². The van der Waals surface area contributed by atoms with Crippen molar-refractivity contribution < 1.29 is 9.22 Å². The van der Waals surface area contributed by atoms with Crippen LogP contribution in [-0.4, -0.2) is 30.8 Å². The molecule has 2 rings (SSSR count). The summed E-state index contributed by atoms with van der Waals surface area (Å²) in [5.41, 5.74) is 2.36. The Bertz CT molecular complexity index is 689. The average molecular weight is 348 g/mol. The molecule has 2 aromatic rings. The minimum absolute atomic E-state index is 0.434. The Morgan fingerprint density at radius 1 is 1.30 bits per heavy atom. The number of hydrogen-bond acceptors (Lipinski definition) is 6. The highest BCUT2D eigenvalue weighted by Crippen LogP contribution is 2.24. The first-order valence-corrected chi connectivity index (χ1v) is 11.9. The highest BCUT2D eigenvalue weighted by Gasteiger charge is 2.15. The molecule has 0 unspecified atom stereocenters. The summed E-state index contributed by atoms with van der Waals surface area (Å²) >= 11 is 1.43. The molecule has 0 aliphatic heterocycles. The van der Waals surface area contributed by atoms with Crippen molar-refractivity contribution in [1.82, 2.24) is 9.97 Å². The second-order valence-electron chi connectivity index (χ2n) is 5.96. The molecule has 122 valence electrons. The number of para-hydroxylation sites is 1. The van der Waals surface area contributed by atoms with Crippen molar-refractivity contribution in [1.29, 1.82) is 0 Å². The molecule has 1 heterocycles. The van der Waals surface area contributed by atoms with Gasteiger partial charge in [-0.1, -0.05) is 30.0 Å². The van der Waals surface area contributed by atoms with Crippen molar-refractivity contribution in [3.63, 3.8) is 0 Å². The van der Waals surface area contributed by atoms with Crippen LogP contribution >= 0.6 is 11.8 Å². The lowest BCUT2D eigenvalue weighted by atomic mass is 10.2. The standard InChI is InChI=1S/C16H21N3O2SSi/c1-22-16-17-9-13(10-20)15(19-16)18-14-8-6-5-7-12(14)11-21-23(2,3)4/h5-10H,11H2,1-4H3,(H,17,18,19). The number of carbonyl (C=O) groups is 1. The van der Waals surface area contributed by atoms with Gasteiger partial charge < -0.3 is 9.74 Å². The van der Waals surface area contributed by atoms with Crippen LogP contribution in [0.3, 0.4) is 0 Å². The highest BCUT2D eigenvalue weighted by molar-refractivity contribution is 7.98. The fraction of sp³-hybridized carbons (Fsp3) is 0.312. The third kappa shape index (κ3) is 5.16. The van der Waals surface area contributed by atoms with Gasteiger partial charge in [-0.15, -0.1) is 0 Å². The molecule has 0 fully saturated rings. The molecule has 1 N–H and O–H groups in total. The second-order valence-corrected chi connectivity index (χ2v) is 11.2. The van der Waals surface area contributed by atoms with Gasteiger partial charge in [-0.25, -0.2) is 9.97 Å². The van der Waals surface area contributed by atoms with Gasteiger partial charge in [-0.3, -0.25) is 4.79 Å². The SMILES string of the molecule is CSc1ncc(C=O)c(Nc2ccccc2CO[Si](C)(C)C)n1. The van der Waals surface area contributed by atoms with Crippen LogP contribution in [0.2, 0.25) is 19.6 Å². The monoisotopic (exact) mass is 347 g/mol. The smallest absolute Gasteiger partial charge is 0.189 e. The number of nitrogens with one attached hydrogen (secondary N) is 1. The molecule has 23 heavy (non-hydrogen) atoms. The first kappa shape index (κ1) is 17.6. The van der Waals surface area contributed by atoms with Gasteiger partial charge >= 0.3 is 0 Å². The molecule has 7 heteroatoms. The maximum atomic E-state index is 11.2. The molecular weight excluding hydrogens is 326 g/mol. The number of aromatic nitrogens is 2. The maximum absolute atomic E-state index is 11.2. The van der Waals surface area contributed by atoms with Gasteiger partial charge in [0.25, 0.3) is 0 Å². The predicted molar refractivity (Wildman–Crippen MR) is 97.1 cm³/mol. The van der Waals surface area contributed by atoms with E-state index in [2.05, 4.69) is 34.9 Å². The largest absolute Gasteiger partial charge is 0.413 e. The van der Waals surface area contributed by atoms with Crippen LogP contribution in [0.15, 0.2) is 35.6 Å². The lowest BCUT2D eigenvalue weighted by Crippen LogP contribution is -2.25. The molecular formula is C16H21N3O2SSi. The van der Waals surface area contributed by atoms with E-state index < -0.39 is 8.32 Å². The van der Waals surface area contributed by atoms with Crippen LogP contribution in [0.5, 0.6) is 0 Å². The maximum Gasteiger partial charge on any atom is 0.189 e. The Balaban J connectivity index is 2.28. The molecule has 5 nitrogen and oxygen atoms in total. The van der Waals surface area contributed by atoms with Gasteiger partial charge in [0.1, 0.15) is 5.82 Å². The third-order valence-corrected chi connectivity index (χ3v) is 4.61.